The molecule has 0 radical (unpaired) electrons. The first-order valence-electron chi connectivity index (χ1n) is 9.82. The molecular formula is C22H27N3O2S2. The van der Waals surface area contributed by atoms with Crippen LogP contribution in [0, 0.1) is 6.92 Å². The molecule has 3 rings (SSSR count). The molecule has 2 heterocycles. The summed E-state index contributed by atoms with van der Waals surface area (Å²) in [6.07, 6.45) is 6.48. The molecule has 0 unspecified atom stereocenters. The number of unbranched alkanes of at least 4 members (excludes halogenated alkanes) is 3. The lowest BCUT2D eigenvalue weighted by Gasteiger charge is -2.11. The number of hydrogen-bond donors (Lipinski definition) is 1. The van der Waals surface area contributed by atoms with Crippen molar-refractivity contribution in [3.63, 3.8) is 0 Å². The number of thiophene rings is 1. The first-order chi connectivity index (χ1) is 14.2. The molecule has 0 aliphatic carbocycles. The van der Waals surface area contributed by atoms with Gasteiger partial charge in [-0.1, -0.05) is 32.3 Å². The Balaban J connectivity index is 1.58. The Morgan fingerprint density at radius 1 is 1.17 bits per heavy atom. The molecule has 0 bridgehead atoms. The molecule has 154 valence electrons. The van der Waals surface area contributed by atoms with Crippen molar-refractivity contribution in [3.8, 4) is 22.1 Å². The molecular weight excluding hydrogens is 402 g/mol. The number of benzene rings is 1. The van der Waals surface area contributed by atoms with E-state index in [1.807, 2.05) is 24.3 Å². The van der Waals surface area contributed by atoms with Gasteiger partial charge in [0.2, 0.25) is 5.13 Å². The summed E-state index contributed by atoms with van der Waals surface area (Å²) in [5.41, 5.74) is 4.98. The second kappa shape index (κ2) is 11.0. The molecule has 0 saturated heterocycles. The number of aromatic nitrogens is 1. The number of aryl methyl sites for hydroxylation is 1. The van der Waals surface area contributed by atoms with E-state index in [-0.39, 0.29) is 0 Å². The maximum atomic E-state index is 5.86. The van der Waals surface area contributed by atoms with E-state index in [9.17, 15) is 0 Å². The smallest absolute Gasteiger partial charge is 0.204 e. The maximum Gasteiger partial charge on any atom is 0.204 e. The number of ether oxygens (including phenoxy) is 2. The minimum atomic E-state index is 0.710. The molecule has 0 spiro atoms. The van der Waals surface area contributed by atoms with Crippen molar-refractivity contribution in [1.82, 2.24) is 4.98 Å². The molecule has 0 saturated carbocycles. The van der Waals surface area contributed by atoms with Gasteiger partial charge in [0.05, 0.1) is 30.5 Å². The molecule has 0 amide bonds. The number of thiazole rings is 1. The lowest BCUT2D eigenvalue weighted by molar-refractivity contribution is 0.285. The summed E-state index contributed by atoms with van der Waals surface area (Å²) < 4.78 is 11.3. The maximum absolute atomic E-state index is 5.86. The van der Waals surface area contributed by atoms with Crippen LogP contribution in [-0.2, 0) is 0 Å². The van der Waals surface area contributed by atoms with Gasteiger partial charge in [-0.15, -0.1) is 22.7 Å². The molecule has 0 aliphatic heterocycles. The Hall–Kier alpha value is -2.38. The van der Waals surface area contributed by atoms with Crippen LogP contribution in [-0.4, -0.2) is 24.9 Å². The van der Waals surface area contributed by atoms with E-state index in [1.165, 1.54) is 29.0 Å². The van der Waals surface area contributed by atoms with E-state index in [1.54, 1.807) is 36.0 Å². The number of hydrazone groups is 1. The van der Waals surface area contributed by atoms with Crippen LogP contribution in [0.3, 0.4) is 0 Å². The number of methoxy groups -OCH3 is 1. The van der Waals surface area contributed by atoms with E-state index in [2.05, 4.69) is 40.8 Å². The van der Waals surface area contributed by atoms with Crippen LogP contribution >= 0.6 is 22.7 Å². The van der Waals surface area contributed by atoms with Crippen molar-refractivity contribution in [1.29, 1.82) is 0 Å². The zero-order chi connectivity index (χ0) is 20.5. The first-order valence-corrected chi connectivity index (χ1v) is 11.5. The third-order valence-electron chi connectivity index (χ3n) is 4.37. The summed E-state index contributed by atoms with van der Waals surface area (Å²) in [5.74, 6) is 1.49. The average molecular weight is 430 g/mol. The monoisotopic (exact) mass is 429 g/mol. The Kier molecular flexibility index (Phi) is 8.07. The van der Waals surface area contributed by atoms with Crippen molar-refractivity contribution < 1.29 is 9.47 Å². The molecule has 0 aliphatic rings. The van der Waals surface area contributed by atoms with Crippen molar-refractivity contribution in [3.05, 3.63) is 46.2 Å². The molecule has 3 aromatic rings. The fourth-order valence-electron chi connectivity index (χ4n) is 2.84. The highest BCUT2D eigenvalue weighted by atomic mass is 32.1. The fraction of sp³-hybridized carbons (Fsp3) is 0.364. The van der Waals surface area contributed by atoms with Gasteiger partial charge >= 0.3 is 0 Å². The van der Waals surface area contributed by atoms with Crippen molar-refractivity contribution in [2.24, 2.45) is 5.10 Å². The summed E-state index contributed by atoms with van der Waals surface area (Å²) in [5, 5.41) is 7.17. The number of nitrogens with one attached hydrogen (secondary N) is 1. The van der Waals surface area contributed by atoms with Crippen LogP contribution in [0.4, 0.5) is 5.13 Å². The highest BCUT2D eigenvalue weighted by Gasteiger charge is 2.10. The van der Waals surface area contributed by atoms with Crippen LogP contribution in [0.1, 0.15) is 43.0 Å². The number of hydrogen-bond acceptors (Lipinski definition) is 7. The third kappa shape index (κ3) is 6.05. The highest BCUT2D eigenvalue weighted by Crippen LogP contribution is 2.33. The van der Waals surface area contributed by atoms with Crippen LogP contribution in [0.15, 0.2) is 40.8 Å². The predicted octanol–water partition coefficient (Wildman–Crippen LogP) is 6.59. The summed E-state index contributed by atoms with van der Waals surface area (Å²) in [7, 11) is 1.66. The molecule has 5 nitrogen and oxygen atoms in total. The van der Waals surface area contributed by atoms with Crippen molar-refractivity contribution in [2.45, 2.75) is 39.5 Å². The van der Waals surface area contributed by atoms with Crippen molar-refractivity contribution in [2.75, 3.05) is 19.1 Å². The predicted molar refractivity (Wildman–Crippen MR) is 124 cm³/mol. The molecule has 7 heteroatoms. The van der Waals surface area contributed by atoms with Gasteiger partial charge in [-0.3, -0.25) is 5.43 Å². The first kappa shape index (κ1) is 21.3. The highest BCUT2D eigenvalue weighted by molar-refractivity contribution is 7.17. The average Bonchev–Trinajstić information content (AvgIpc) is 3.38. The topological polar surface area (TPSA) is 55.7 Å². The van der Waals surface area contributed by atoms with Gasteiger partial charge in [0.15, 0.2) is 11.5 Å². The van der Waals surface area contributed by atoms with Crippen LogP contribution < -0.4 is 14.9 Å². The standard InChI is InChI=1S/C22H27N3O2S2/c1-4-5-6-7-12-27-18-11-10-17(14-19(18)26-3)15-23-25-22-24-21(16(2)29-22)20-9-8-13-28-20/h8-11,13-15H,4-7,12H2,1-3H3,(H,24,25)/b23-15-. The largest absolute Gasteiger partial charge is 0.493 e. The second-order valence-corrected chi connectivity index (χ2v) is 8.74. The summed E-state index contributed by atoms with van der Waals surface area (Å²) >= 11 is 3.29. The lowest BCUT2D eigenvalue weighted by Crippen LogP contribution is -2.00. The minimum Gasteiger partial charge on any atom is -0.493 e. The van der Waals surface area contributed by atoms with Gasteiger partial charge in [0.25, 0.3) is 0 Å². The van der Waals surface area contributed by atoms with Crippen LogP contribution in [0.2, 0.25) is 0 Å². The number of anilines is 1. The fourth-order valence-corrected chi connectivity index (χ4v) is 4.46. The lowest BCUT2D eigenvalue weighted by atomic mass is 10.2. The summed E-state index contributed by atoms with van der Waals surface area (Å²) in [6, 6.07) is 9.95. The van der Waals surface area contributed by atoms with Gasteiger partial charge in [-0.25, -0.2) is 4.98 Å². The van der Waals surface area contributed by atoms with Gasteiger partial charge in [-0.2, -0.15) is 5.10 Å². The molecule has 2 aromatic heterocycles. The third-order valence-corrected chi connectivity index (χ3v) is 6.12. The zero-order valence-corrected chi connectivity index (χ0v) is 18.7. The second-order valence-electron chi connectivity index (χ2n) is 6.59. The van der Waals surface area contributed by atoms with E-state index in [0.717, 1.165) is 34.3 Å². The zero-order valence-electron chi connectivity index (χ0n) is 17.1. The van der Waals surface area contributed by atoms with Crippen LogP contribution in [0.5, 0.6) is 11.5 Å². The molecule has 0 fully saturated rings. The summed E-state index contributed by atoms with van der Waals surface area (Å²) in [4.78, 5) is 6.99. The van der Waals surface area contributed by atoms with E-state index in [0.29, 0.717) is 6.61 Å². The van der Waals surface area contributed by atoms with E-state index >= 15 is 0 Å². The van der Waals surface area contributed by atoms with Gasteiger partial charge in [-0.05, 0) is 48.6 Å². The minimum absolute atomic E-state index is 0.710. The number of nitrogens with zero attached hydrogens (tertiary/aromatic N) is 2. The summed E-state index contributed by atoms with van der Waals surface area (Å²) in [6.45, 7) is 4.99. The number of rotatable bonds is 11. The Morgan fingerprint density at radius 2 is 2.07 bits per heavy atom. The van der Waals surface area contributed by atoms with Crippen molar-refractivity contribution >= 4 is 34.0 Å². The van der Waals surface area contributed by atoms with E-state index in [4.69, 9.17) is 9.47 Å². The molecule has 0 atom stereocenters. The quantitative estimate of drug-likeness (QED) is 0.212. The Bertz CT molecular complexity index is 920. The SMILES string of the molecule is CCCCCCOc1ccc(/C=N\Nc2nc(-c3cccs3)c(C)s2)cc1OC. The molecule has 29 heavy (non-hydrogen) atoms. The Labute approximate surface area is 180 Å². The van der Waals surface area contributed by atoms with E-state index < -0.39 is 0 Å². The van der Waals surface area contributed by atoms with Crippen LogP contribution in [0.25, 0.3) is 10.6 Å². The van der Waals surface area contributed by atoms with Gasteiger partial charge in [0, 0.05) is 4.88 Å². The normalized spacial score (nSPS) is 11.1. The van der Waals surface area contributed by atoms with Gasteiger partial charge < -0.3 is 9.47 Å². The van der Waals surface area contributed by atoms with Gasteiger partial charge in [0.1, 0.15) is 0 Å². The molecule has 1 N–H and O–H groups in total. The molecule has 1 aromatic carbocycles. The Morgan fingerprint density at radius 3 is 2.83 bits per heavy atom.